The van der Waals surface area contributed by atoms with Gasteiger partial charge < -0.3 is 19.3 Å². The second-order valence-corrected chi connectivity index (χ2v) is 9.18. The van der Waals surface area contributed by atoms with E-state index in [-0.39, 0.29) is 12.0 Å². The Balaban J connectivity index is 1.77. The molecule has 0 aliphatic carbocycles. The number of hydrogen-bond acceptors (Lipinski definition) is 6. The van der Waals surface area contributed by atoms with Crippen LogP contribution in [0.15, 0.2) is 56.3 Å². The lowest BCUT2D eigenvalue weighted by Crippen LogP contribution is -2.42. The number of benzene rings is 2. The average molecular weight is 480 g/mol. The van der Waals surface area contributed by atoms with E-state index < -0.39 is 23.5 Å². The molecule has 176 valence electrons. The number of carbonyl (C=O) groups is 2. The number of amides is 1. The molecule has 2 aromatic carbocycles. The summed E-state index contributed by atoms with van der Waals surface area (Å²) in [4.78, 5) is 36.9. The predicted molar refractivity (Wildman–Crippen MR) is 133 cm³/mol. The maximum atomic E-state index is 12.8. The number of thioether (sulfide) groups is 1. The zero-order valence-corrected chi connectivity index (χ0v) is 20.0. The monoisotopic (exact) mass is 479 g/mol. The summed E-state index contributed by atoms with van der Waals surface area (Å²) in [6.07, 6.45) is 3.56. The van der Waals surface area contributed by atoms with Gasteiger partial charge in [-0.1, -0.05) is 30.3 Å². The van der Waals surface area contributed by atoms with Crippen molar-refractivity contribution >= 4 is 45.6 Å². The van der Waals surface area contributed by atoms with Crippen LogP contribution in [-0.2, 0) is 16.0 Å². The molecular weight excluding hydrogens is 454 g/mol. The van der Waals surface area contributed by atoms with Crippen molar-refractivity contribution < 1.29 is 23.5 Å². The number of aryl methyl sites for hydroxylation is 2. The summed E-state index contributed by atoms with van der Waals surface area (Å²) < 4.78 is 11.6. The molecule has 0 aliphatic rings. The number of hydrogen-bond donors (Lipinski definition) is 2. The van der Waals surface area contributed by atoms with Crippen molar-refractivity contribution in [1.29, 1.82) is 0 Å². The van der Waals surface area contributed by atoms with Crippen LogP contribution < -0.4 is 10.9 Å². The molecule has 4 aromatic rings. The van der Waals surface area contributed by atoms with Gasteiger partial charge in [0.05, 0.1) is 23.6 Å². The van der Waals surface area contributed by atoms with Crippen molar-refractivity contribution in [3.8, 4) is 11.1 Å². The van der Waals surface area contributed by atoms with Gasteiger partial charge in [-0.2, -0.15) is 11.8 Å². The van der Waals surface area contributed by atoms with Gasteiger partial charge in [-0.15, -0.1) is 0 Å². The molecule has 1 atom stereocenters. The zero-order chi connectivity index (χ0) is 24.4. The molecule has 4 rings (SSSR count). The minimum absolute atomic E-state index is 0.182. The highest BCUT2D eigenvalue weighted by Gasteiger charge is 2.24. The van der Waals surface area contributed by atoms with E-state index >= 15 is 0 Å². The Hall–Kier alpha value is -3.52. The standard InChI is InChI=1S/C26H25NO6S/c1-14-11-20-23(24-22(14)18(13-32-24)16-7-5-4-6-8-16)15(2)17(26(31)33-20)12-21(28)27-19(25(29)30)9-10-34-3/h4-8,11,13,19H,9-10,12H2,1-3H3,(H,27,28)(H,29,30). The molecule has 2 N–H and O–H groups in total. The topological polar surface area (TPSA) is 110 Å². The molecule has 0 radical (unpaired) electrons. The van der Waals surface area contributed by atoms with Gasteiger partial charge in [-0.3, -0.25) is 4.79 Å². The Morgan fingerprint density at radius 2 is 1.88 bits per heavy atom. The average Bonchev–Trinajstić information content (AvgIpc) is 3.25. The van der Waals surface area contributed by atoms with Crippen molar-refractivity contribution in [3.05, 3.63) is 69.8 Å². The highest BCUT2D eigenvalue weighted by atomic mass is 32.2. The molecular formula is C26H25NO6S. The van der Waals surface area contributed by atoms with E-state index in [1.807, 2.05) is 43.5 Å². The highest BCUT2D eigenvalue weighted by Crippen LogP contribution is 2.38. The number of carbonyl (C=O) groups excluding carboxylic acids is 1. The molecule has 0 fully saturated rings. The molecule has 8 heteroatoms. The van der Waals surface area contributed by atoms with Crippen LogP contribution >= 0.6 is 11.8 Å². The third-order valence-corrected chi connectivity index (χ3v) is 6.59. The van der Waals surface area contributed by atoms with Gasteiger partial charge in [0, 0.05) is 10.9 Å². The molecule has 34 heavy (non-hydrogen) atoms. The fourth-order valence-corrected chi connectivity index (χ4v) is 4.69. The molecule has 0 saturated heterocycles. The van der Waals surface area contributed by atoms with E-state index in [0.717, 1.165) is 22.1 Å². The lowest BCUT2D eigenvalue weighted by molar-refractivity contribution is -0.141. The fraction of sp³-hybridized carbons (Fsp3) is 0.269. The number of aliphatic carboxylic acids is 1. The van der Waals surface area contributed by atoms with Gasteiger partial charge >= 0.3 is 11.6 Å². The summed E-state index contributed by atoms with van der Waals surface area (Å²) in [5.74, 6) is -1.06. The Bertz CT molecular complexity index is 1440. The molecule has 1 unspecified atom stereocenters. The van der Waals surface area contributed by atoms with Crippen LogP contribution in [0.2, 0.25) is 0 Å². The Kier molecular flexibility index (Phi) is 6.79. The normalized spacial score (nSPS) is 12.2. The van der Waals surface area contributed by atoms with Gasteiger partial charge in [0.1, 0.15) is 17.2 Å². The molecule has 2 aromatic heterocycles. The summed E-state index contributed by atoms with van der Waals surface area (Å²) in [7, 11) is 0. The van der Waals surface area contributed by atoms with Gasteiger partial charge in [0.15, 0.2) is 0 Å². The second kappa shape index (κ2) is 9.77. The van der Waals surface area contributed by atoms with E-state index in [1.54, 1.807) is 19.3 Å². The van der Waals surface area contributed by atoms with Crippen LogP contribution in [-0.4, -0.2) is 35.0 Å². The summed E-state index contributed by atoms with van der Waals surface area (Å²) in [5, 5.41) is 13.4. The minimum atomic E-state index is -1.11. The van der Waals surface area contributed by atoms with Crippen molar-refractivity contribution in [2.45, 2.75) is 32.7 Å². The Labute approximate surface area is 200 Å². The first kappa shape index (κ1) is 23.6. The van der Waals surface area contributed by atoms with Crippen LogP contribution in [0.4, 0.5) is 0 Å². The first-order valence-electron chi connectivity index (χ1n) is 10.9. The molecule has 1 amide bonds. The van der Waals surface area contributed by atoms with Crippen LogP contribution in [0.25, 0.3) is 33.1 Å². The van der Waals surface area contributed by atoms with Gasteiger partial charge in [-0.25, -0.2) is 9.59 Å². The van der Waals surface area contributed by atoms with E-state index in [9.17, 15) is 19.5 Å². The number of fused-ring (bicyclic) bond motifs is 3. The zero-order valence-electron chi connectivity index (χ0n) is 19.1. The maximum absolute atomic E-state index is 12.8. The molecule has 2 heterocycles. The Morgan fingerprint density at radius 1 is 1.15 bits per heavy atom. The molecule has 7 nitrogen and oxygen atoms in total. The first-order chi connectivity index (χ1) is 16.3. The smallest absolute Gasteiger partial charge is 0.340 e. The number of furan rings is 1. The van der Waals surface area contributed by atoms with E-state index in [2.05, 4.69) is 5.32 Å². The third kappa shape index (κ3) is 4.46. The quantitative estimate of drug-likeness (QED) is 0.353. The van der Waals surface area contributed by atoms with Gasteiger partial charge in [0.25, 0.3) is 0 Å². The molecule has 0 aliphatic heterocycles. The number of rotatable bonds is 8. The second-order valence-electron chi connectivity index (χ2n) is 8.20. The van der Waals surface area contributed by atoms with E-state index in [1.165, 1.54) is 11.8 Å². The summed E-state index contributed by atoms with van der Waals surface area (Å²) in [6.45, 7) is 3.69. The molecule has 0 saturated carbocycles. The molecule has 0 spiro atoms. The lowest BCUT2D eigenvalue weighted by Gasteiger charge is -2.14. The number of nitrogens with one attached hydrogen (secondary N) is 1. The molecule has 0 bridgehead atoms. The van der Waals surface area contributed by atoms with Crippen molar-refractivity contribution in [3.63, 3.8) is 0 Å². The SMILES string of the molecule is CSCCC(NC(=O)Cc1c(C)c2c(cc(C)c3c(-c4ccccc4)coc32)oc1=O)C(=O)O. The number of carboxylic acid groups (broad SMARTS) is 1. The number of carboxylic acids is 1. The van der Waals surface area contributed by atoms with Crippen LogP contribution in [0.3, 0.4) is 0 Å². The lowest BCUT2D eigenvalue weighted by atomic mass is 9.96. The van der Waals surface area contributed by atoms with E-state index in [4.69, 9.17) is 8.83 Å². The van der Waals surface area contributed by atoms with Crippen LogP contribution in [0.5, 0.6) is 0 Å². The summed E-state index contributed by atoms with van der Waals surface area (Å²) in [5.41, 5.74) is 3.94. The summed E-state index contributed by atoms with van der Waals surface area (Å²) >= 11 is 1.50. The largest absolute Gasteiger partial charge is 0.480 e. The van der Waals surface area contributed by atoms with Gasteiger partial charge in [-0.05, 0) is 55.0 Å². The van der Waals surface area contributed by atoms with Crippen LogP contribution in [0.1, 0.15) is 23.1 Å². The van der Waals surface area contributed by atoms with Crippen LogP contribution in [0, 0.1) is 13.8 Å². The predicted octanol–water partition coefficient (Wildman–Crippen LogP) is 4.69. The maximum Gasteiger partial charge on any atom is 0.340 e. The van der Waals surface area contributed by atoms with Crippen molar-refractivity contribution in [2.75, 3.05) is 12.0 Å². The summed E-state index contributed by atoms with van der Waals surface area (Å²) in [6, 6.07) is 10.6. The highest BCUT2D eigenvalue weighted by molar-refractivity contribution is 7.98. The fourth-order valence-electron chi connectivity index (χ4n) is 4.22. The first-order valence-corrected chi connectivity index (χ1v) is 12.2. The van der Waals surface area contributed by atoms with Crippen molar-refractivity contribution in [1.82, 2.24) is 5.32 Å². The van der Waals surface area contributed by atoms with Crippen molar-refractivity contribution in [2.24, 2.45) is 0 Å². The third-order valence-electron chi connectivity index (χ3n) is 5.95. The Morgan fingerprint density at radius 3 is 2.56 bits per heavy atom. The van der Waals surface area contributed by atoms with E-state index in [0.29, 0.717) is 34.3 Å². The van der Waals surface area contributed by atoms with Gasteiger partial charge in [0.2, 0.25) is 5.91 Å². The minimum Gasteiger partial charge on any atom is -0.480 e.